The van der Waals surface area contributed by atoms with Crippen molar-refractivity contribution in [2.45, 2.75) is 20.5 Å². The maximum Gasteiger partial charge on any atom is 0.347 e. The first-order chi connectivity index (χ1) is 14.1. The number of urea groups is 1. The Hall–Kier alpha value is -3.72. The molecule has 0 aliphatic heterocycles. The van der Waals surface area contributed by atoms with Gasteiger partial charge in [0.05, 0.1) is 19.1 Å². The SMILES string of the molecule is CCOCc1ccc(C)c(Nc2ncc(-c3ccnc(NC(=O)/N=C\N)c3)o2)c1. The van der Waals surface area contributed by atoms with Crippen LogP contribution < -0.4 is 16.4 Å². The second kappa shape index (κ2) is 9.47. The van der Waals surface area contributed by atoms with Crippen LogP contribution in [0.5, 0.6) is 0 Å². The highest BCUT2D eigenvalue weighted by Gasteiger charge is 2.10. The van der Waals surface area contributed by atoms with Gasteiger partial charge in [-0.25, -0.2) is 14.8 Å². The van der Waals surface area contributed by atoms with E-state index in [0.717, 1.165) is 23.2 Å². The normalized spacial score (nSPS) is 11.0. The van der Waals surface area contributed by atoms with Gasteiger partial charge in [-0.05, 0) is 43.2 Å². The number of rotatable bonds is 7. The topological polar surface area (TPSA) is 128 Å². The summed E-state index contributed by atoms with van der Waals surface area (Å²) in [5.74, 6) is 0.847. The Morgan fingerprint density at radius 1 is 1.31 bits per heavy atom. The number of benzene rings is 1. The number of hydrogen-bond donors (Lipinski definition) is 3. The number of aromatic nitrogens is 2. The van der Waals surface area contributed by atoms with E-state index in [-0.39, 0.29) is 0 Å². The number of carbonyl (C=O) groups is 1. The second-order valence-electron chi connectivity index (χ2n) is 6.08. The van der Waals surface area contributed by atoms with Gasteiger partial charge in [-0.1, -0.05) is 12.1 Å². The molecular weight excluding hydrogens is 372 g/mol. The highest BCUT2D eigenvalue weighted by molar-refractivity contribution is 5.93. The van der Waals surface area contributed by atoms with Crippen LogP contribution in [0, 0.1) is 6.92 Å². The van der Waals surface area contributed by atoms with Crippen molar-refractivity contribution >= 4 is 29.9 Å². The summed E-state index contributed by atoms with van der Waals surface area (Å²) in [4.78, 5) is 23.3. The van der Waals surface area contributed by atoms with E-state index < -0.39 is 6.03 Å². The molecule has 9 nitrogen and oxygen atoms in total. The third-order valence-electron chi connectivity index (χ3n) is 3.99. The number of ether oxygens (including phenoxy) is 1. The Morgan fingerprint density at radius 2 is 2.17 bits per heavy atom. The molecule has 2 aromatic heterocycles. The lowest BCUT2D eigenvalue weighted by molar-refractivity contribution is 0.134. The third-order valence-corrected chi connectivity index (χ3v) is 3.99. The zero-order valence-electron chi connectivity index (χ0n) is 16.2. The Kier molecular flexibility index (Phi) is 6.54. The quantitative estimate of drug-likeness (QED) is 0.410. The molecule has 2 heterocycles. The van der Waals surface area contributed by atoms with E-state index in [9.17, 15) is 4.79 Å². The molecule has 150 valence electrons. The van der Waals surface area contributed by atoms with Crippen molar-refractivity contribution in [2.24, 2.45) is 10.7 Å². The van der Waals surface area contributed by atoms with E-state index in [4.69, 9.17) is 14.9 Å². The standard InChI is InChI=1S/C20H22N6O3/c1-3-28-11-14-5-4-13(2)16(8-14)25-20-23-10-17(29-20)15-6-7-22-18(9-15)26-19(27)24-12-21/h4-10,12H,3,11H2,1-2H3,(H,23,25)(H3,21,22,24,26,27). The van der Waals surface area contributed by atoms with Crippen molar-refractivity contribution in [1.82, 2.24) is 9.97 Å². The molecule has 1 aromatic carbocycles. The van der Waals surface area contributed by atoms with Crippen LogP contribution in [0.15, 0.2) is 52.1 Å². The van der Waals surface area contributed by atoms with E-state index in [2.05, 4.69) is 25.6 Å². The molecule has 9 heteroatoms. The molecule has 0 atom stereocenters. The van der Waals surface area contributed by atoms with Gasteiger partial charge in [0, 0.05) is 24.1 Å². The van der Waals surface area contributed by atoms with Crippen molar-refractivity contribution in [3.05, 3.63) is 53.9 Å². The Bertz CT molecular complexity index is 1010. The van der Waals surface area contributed by atoms with E-state index in [1.807, 2.05) is 32.0 Å². The number of amides is 2. The first kappa shape index (κ1) is 20.0. The fourth-order valence-electron chi connectivity index (χ4n) is 2.56. The van der Waals surface area contributed by atoms with Gasteiger partial charge in [0.25, 0.3) is 6.01 Å². The van der Waals surface area contributed by atoms with Crippen LogP contribution in [0.4, 0.5) is 22.3 Å². The highest BCUT2D eigenvalue weighted by Crippen LogP contribution is 2.27. The lowest BCUT2D eigenvalue weighted by Crippen LogP contribution is -2.09. The van der Waals surface area contributed by atoms with Gasteiger partial charge in [-0.2, -0.15) is 4.99 Å². The molecule has 0 aliphatic rings. The van der Waals surface area contributed by atoms with Crippen LogP contribution in [0.2, 0.25) is 0 Å². The lowest BCUT2D eigenvalue weighted by atomic mass is 10.1. The molecule has 0 bridgehead atoms. The molecule has 2 amide bonds. The number of nitrogens with zero attached hydrogens (tertiary/aromatic N) is 3. The average molecular weight is 394 g/mol. The summed E-state index contributed by atoms with van der Waals surface area (Å²) in [6.07, 6.45) is 4.06. The summed E-state index contributed by atoms with van der Waals surface area (Å²) >= 11 is 0. The predicted octanol–water partition coefficient (Wildman–Crippen LogP) is 3.84. The van der Waals surface area contributed by atoms with Gasteiger partial charge in [0.15, 0.2) is 5.76 Å². The third kappa shape index (κ3) is 5.39. The molecule has 0 fully saturated rings. The van der Waals surface area contributed by atoms with Gasteiger partial charge in [-0.3, -0.25) is 5.32 Å². The number of oxazole rings is 1. The summed E-state index contributed by atoms with van der Waals surface area (Å²) in [5.41, 5.74) is 8.81. The van der Waals surface area contributed by atoms with Crippen LogP contribution >= 0.6 is 0 Å². The molecule has 0 spiro atoms. The van der Waals surface area contributed by atoms with E-state index in [1.165, 1.54) is 0 Å². The Balaban J connectivity index is 1.75. The lowest BCUT2D eigenvalue weighted by Gasteiger charge is -2.09. The molecule has 3 aromatic rings. The van der Waals surface area contributed by atoms with Crippen LogP contribution in [0.1, 0.15) is 18.1 Å². The van der Waals surface area contributed by atoms with Gasteiger partial charge in [0.2, 0.25) is 0 Å². The van der Waals surface area contributed by atoms with Gasteiger partial charge in [-0.15, -0.1) is 0 Å². The molecule has 0 radical (unpaired) electrons. The fourth-order valence-corrected chi connectivity index (χ4v) is 2.56. The number of nitrogens with two attached hydrogens (primary N) is 1. The van der Waals surface area contributed by atoms with E-state index in [1.54, 1.807) is 24.5 Å². The first-order valence-corrected chi connectivity index (χ1v) is 9.01. The minimum atomic E-state index is -0.612. The minimum Gasteiger partial charge on any atom is -0.423 e. The van der Waals surface area contributed by atoms with Crippen LogP contribution in [-0.4, -0.2) is 28.9 Å². The largest absolute Gasteiger partial charge is 0.423 e. The van der Waals surface area contributed by atoms with E-state index >= 15 is 0 Å². The fraction of sp³-hybridized carbons (Fsp3) is 0.200. The highest BCUT2D eigenvalue weighted by atomic mass is 16.5. The number of pyridine rings is 1. The number of aryl methyl sites for hydroxylation is 1. The summed E-state index contributed by atoms with van der Waals surface area (Å²) in [5, 5.41) is 5.70. The molecule has 4 N–H and O–H groups in total. The van der Waals surface area contributed by atoms with Crippen LogP contribution in [0.25, 0.3) is 11.3 Å². The predicted molar refractivity (Wildman–Crippen MR) is 111 cm³/mol. The monoisotopic (exact) mass is 394 g/mol. The maximum atomic E-state index is 11.5. The van der Waals surface area contributed by atoms with Crippen LogP contribution in [-0.2, 0) is 11.3 Å². The number of aliphatic imine (C=N–C) groups is 1. The van der Waals surface area contributed by atoms with Crippen molar-refractivity contribution in [2.75, 3.05) is 17.2 Å². The Morgan fingerprint density at radius 3 is 2.97 bits per heavy atom. The minimum absolute atomic E-state index is 0.323. The average Bonchev–Trinajstić information content (AvgIpc) is 3.17. The van der Waals surface area contributed by atoms with Crippen molar-refractivity contribution in [1.29, 1.82) is 0 Å². The van der Waals surface area contributed by atoms with Crippen molar-refractivity contribution < 1.29 is 13.9 Å². The number of anilines is 3. The van der Waals surface area contributed by atoms with Crippen molar-refractivity contribution in [3.63, 3.8) is 0 Å². The molecular formula is C20H22N6O3. The summed E-state index contributed by atoms with van der Waals surface area (Å²) in [7, 11) is 0. The van der Waals surface area contributed by atoms with Gasteiger partial charge < -0.3 is 20.2 Å². The van der Waals surface area contributed by atoms with Crippen LogP contribution in [0.3, 0.4) is 0 Å². The molecule has 0 saturated heterocycles. The number of carbonyl (C=O) groups excluding carboxylic acids is 1. The van der Waals surface area contributed by atoms with E-state index in [0.29, 0.717) is 36.4 Å². The summed E-state index contributed by atoms with van der Waals surface area (Å²) in [6, 6.07) is 9.20. The Labute approximate surface area is 168 Å². The van der Waals surface area contributed by atoms with Crippen molar-refractivity contribution in [3.8, 4) is 11.3 Å². The molecule has 0 unspecified atom stereocenters. The van der Waals surface area contributed by atoms with Gasteiger partial charge in [0.1, 0.15) is 5.82 Å². The summed E-state index contributed by atoms with van der Waals surface area (Å²) in [6.45, 7) is 5.16. The maximum absolute atomic E-state index is 11.5. The second-order valence-corrected chi connectivity index (χ2v) is 6.08. The smallest absolute Gasteiger partial charge is 0.347 e. The molecule has 0 aliphatic carbocycles. The van der Waals surface area contributed by atoms with Gasteiger partial charge >= 0.3 is 6.03 Å². The number of hydrogen-bond acceptors (Lipinski definition) is 6. The first-order valence-electron chi connectivity index (χ1n) is 9.01. The molecule has 29 heavy (non-hydrogen) atoms. The zero-order chi connectivity index (χ0) is 20.6. The zero-order valence-corrected chi connectivity index (χ0v) is 16.2. The molecule has 0 saturated carbocycles. The summed E-state index contributed by atoms with van der Waals surface area (Å²) < 4.78 is 11.3. The molecule has 3 rings (SSSR count). The number of nitrogens with one attached hydrogen (secondary N) is 2.